The van der Waals surface area contributed by atoms with Gasteiger partial charge in [0, 0.05) is 13.1 Å². The van der Waals surface area contributed by atoms with E-state index in [0.29, 0.717) is 11.8 Å². The summed E-state index contributed by atoms with van der Waals surface area (Å²) in [5.74, 6) is 1.19. The number of likely N-dealkylation sites (tertiary alicyclic amines) is 1. The van der Waals surface area contributed by atoms with Gasteiger partial charge in [0.25, 0.3) is 0 Å². The molecule has 2 aliphatic rings. The molecular formula is C11H20N2O3S. The third kappa shape index (κ3) is 2.98. The molecule has 6 heteroatoms. The molecule has 1 saturated heterocycles. The first-order valence-electron chi connectivity index (χ1n) is 6.13. The molecule has 1 amide bonds. The second-order valence-electron chi connectivity index (χ2n) is 5.31. The maximum atomic E-state index is 12.1. The molecule has 1 aliphatic carbocycles. The van der Waals surface area contributed by atoms with Gasteiger partial charge in [0.05, 0.1) is 12.3 Å². The van der Waals surface area contributed by atoms with Gasteiger partial charge in [-0.2, -0.15) is 0 Å². The Labute approximate surface area is 103 Å². The summed E-state index contributed by atoms with van der Waals surface area (Å²) in [4.78, 5) is 13.9. The lowest BCUT2D eigenvalue weighted by atomic mass is 10.0. The Morgan fingerprint density at radius 2 is 1.82 bits per heavy atom. The van der Waals surface area contributed by atoms with E-state index in [-0.39, 0.29) is 5.91 Å². The van der Waals surface area contributed by atoms with Crippen LogP contribution in [0.15, 0.2) is 0 Å². The molecule has 0 aromatic heterocycles. The zero-order chi connectivity index (χ0) is 12.6. The third-order valence-corrected chi connectivity index (χ3v) is 4.58. The van der Waals surface area contributed by atoms with E-state index in [1.54, 1.807) is 6.92 Å². The minimum atomic E-state index is -3.31. The number of nitrogens with one attached hydrogen (secondary N) is 1. The van der Waals surface area contributed by atoms with Gasteiger partial charge in [-0.3, -0.25) is 4.79 Å². The molecule has 2 rings (SSSR count). The van der Waals surface area contributed by atoms with Crippen molar-refractivity contribution in [2.75, 3.05) is 19.3 Å². The van der Waals surface area contributed by atoms with Crippen molar-refractivity contribution >= 4 is 15.9 Å². The first kappa shape index (κ1) is 12.8. The number of rotatable bonds is 3. The molecule has 0 bridgehead atoms. The van der Waals surface area contributed by atoms with Crippen LogP contribution in [0.4, 0.5) is 0 Å². The quantitative estimate of drug-likeness (QED) is 0.787. The number of amides is 1. The smallest absolute Gasteiger partial charge is 0.240 e. The van der Waals surface area contributed by atoms with Crippen LogP contribution >= 0.6 is 0 Å². The van der Waals surface area contributed by atoms with Crippen LogP contribution in [0.5, 0.6) is 0 Å². The van der Waals surface area contributed by atoms with Crippen molar-refractivity contribution in [1.29, 1.82) is 0 Å². The van der Waals surface area contributed by atoms with Crippen LogP contribution in [-0.4, -0.2) is 44.6 Å². The summed E-state index contributed by atoms with van der Waals surface area (Å²) in [6, 6.07) is -0.649. The molecular weight excluding hydrogens is 240 g/mol. The van der Waals surface area contributed by atoms with Gasteiger partial charge in [-0.1, -0.05) is 6.42 Å². The standard InChI is InChI=1S/C11H20N2O3S/c1-8(12-17(2,15)16)11(14)13-6-9-4-3-5-10(9)7-13/h8-10,12H,3-7H2,1-2H3/t8-,9-,10-/m1/s1. The van der Waals surface area contributed by atoms with Crippen molar-refractivity contribution in [3.8, 4) is 0 Å². The van der Waals surface area contributed by atoms with Crippen molar-refractivity contribution in [2.45, 2.75) is 32.2 Å². The monoisotopic (exact) mass is 260 g/mol. The van der Waals surface area contributed by atoms with Crippen LogP contribution < -0.4 is 4.72 Å². The normalized spacial score (nSPS) is 30.4. The van der Waals surface area contributed by atoms with Gasteiger partial charge in [-0.15, -0.1) is 0 Å². The molecule has 3 atom stereocenters. The summed E-state index contributed by atoms with van der Waals surface area (Å²) in [5, 5.41) is 0. The molecule has 0 spiro atoms. The Bertz CT molecular complexity index is 395. The molecule has 5 nitrogen and oxygen atoms in total. The van der Waals surface area contributed by atoms with Crippen LogP contribution in [0.1, 0.15) is 26.2 Å². The van der Waals surface area contributed by atoms with Crippen molar-refractivity contribution < 1.29 is 13.2 Å². The van der Waals surface area contributed by atoms with Crippen LogP contribution in [0.2, 0.25) is 0 Å². The van der Waals surface area contributed by atoms with Gasteiger partial charge in [0.1, 0.15) is 0 Å². The largest absolute Gasteiger partial charge is 0.341 e. The first-order chi connectivity index (χ1) is 7.87. The number of nitrogens with zero attached hydrogens (tertiary/aromatic N) is 1. The molecule has 0 unspecified atom stereocenters. The topological polar surface area (TPSA) is 66.5 Å². The fourth-order valence-electron chi connectivity index (χ4n) is 3.06. The average Bonchev–Trinajstić information content (AvgIpc) is 2.72. The Morgan fingerprint density at radius 3 is 2.29 bits per heavy atom. The highest BCUT2D eigenvalue weighted by Gasteiger charge is 2.39. The fourth-order valence-corrected chi connectivity index (χ4v) is 3.80. The molecule has 0 aromatic carbocycles. The number of hydrogen-bond donors (Lipinski definition) is 1. The molecule has 1 heterocycles. The van der Waals surface area contributed by atoms with Crippen molar-refractivity contribution in [2.24, 2.45) is 11.8 Å². The second kappa shape index (κ2) is 4.57. The molecule has 1 aliphatic heterocycles. The highest BCUT2D eigenvalue weighted by Crippen LogP contribution is 2.37. The van der Waals surface area contributed by atoms with E-state index >= 15 is 0 Å². The minimum absolute atomic E-state index is 0.0928. The van der Waals surface area contributed by atoms with E-state index in [4.69, 9.17) is 0 Å². The minimum Gasteiger partial charge on any atom is -0.341 e. The van der Waals surface area contributed by atoms with Crippen LogP contribution in [0.3, 0.4) is 0 Å². The maximum absolute atomic E-state index is 12.1. The fraction of sp³-hybridized carbons (Fsp3) is 0.909. The lowest BCUT2D eigenvalue weighted by molar-refractivity contribution is -0.131. The summed E-state index contributed by atoms with van der Waals surface area (Å²) in [5.41, 5.74) is 0. The Hall–Kier alpha value is -0.620. The first-order valence-corrected chi connectivity index (χ1v) is 8.02. The van der Waals surface area contributed by atoms with Crippen molar-refractivity contribution in [3.05, 3.63) is 0 Å². The third-order valence-electron chi connectivity index (χ3n) is 3.80. The summed E-state index contributed by atoms with van der Waals surface area (Å²) in [6.07, 6.45) is 4.77. The lowest BCUT2D eigenvalue weighted by Crippen LogP contribution is -2.46. The van der Waals surface area contributed by atoms with Gasteiger partial charge in [0.15, 0.2) is 0 Å². The predicted octanol–water partition coefficient (Wildman–Crippen LogP) is 0.183. The Morgan fingerprint density at radius 1 is 1.29 bits per heavy atom. The Balaban J connectivity index is 1.93. The van der Waals surface area contributed by atoms with Gasteiger partial charge < -0.3 is 4.90 Å². The molecule has 1 N–H and O–H groups in total. The van der Waals surface area contributed by atoms with E-state index < -0.39 is 16.1 Å². The molecule has 17 heavy (non-hydrogen) atoms. The van der Waals surface area contributed by atoms with Gasteiger partial charge >= 0.3 is 0 Å². The van der Waals surface area contributed by atoms with Crippen LogP contribution in [-0.2, 0) is 14.8 Å². The highest BCUT2D eigenvalue weighted by molar-refractivity contribution is 7.88. The summed E-state index contributed by atoms with van der Waals surface area (Å²) < 4.78 is 24.5. The number of carbonyl (C=O) groups excluding carboxylic acids is 1. The van der Waals surface area contributed by atoms with E-state index in [1.165, 1.54) is 19.3 Å². The van der Waals surface area contributed by atoms with E-state index in [2.05, 4.69) is 4.72 Å². The van der Waals surface area contributed by atoms with E-state index in [0.717, 1.165) is 19.3 Å². The van der Waals surface area contributed by atoms with Crippen molar-refractivity contribution in [1.82, 2.24) is 9.62 Å². The predicted molar refractivity (Wildman–Crippen MR) is 64.9 cm³/mol. The summed E-state index contributed by atoms with van der Waals surface area (Å²) in [6.45, 7) is 3.22. The number of hydrogen-bond acceptors (Lipinski definition) is 3. The molecule has 2 fully saturated rings. The maximum Gasteiger partial charge on any atom is 0.240 e. The molecule has 1 saturated carbocycles. The van der Waals surface area contributed by atoms with Crippen molar-refractivity contribution in [3.63, 3.8) is 0 Å². The van der Waals surface area contributed by atoms with Gasteiger partial charge in [0.2, 0.25) is 15.9 Å². The zero-order valence-corrected chi connectivity index (χ0v) is 11.2. The van der Waals surface area contributed by atoms with Gasteiger partial charge in [-0.05, 0) is 31.6 Å². The average molecular weight is 260 g/mol. The number of carbonyl (C=O) groups is 1. The van der Waals surface area contributed by atoms with Crippen LogP contribution in [0, 0.1) is 11.8 Å². The molecule has 0 radical (unpaired) electrons. The van der Waals surface area contributed by atoms with Gasteiger partial charge in [-0.25, -0.2) is 13.1 Å². The van der Waals surface area contributed by atoms with Crippen LogP contribution in [0.25, 0.3) is 0 Å². The summed E-state index contributed by atoms with van der Waals surface area (Å²) in [7, 11) is -3.31. The second-order valence-corrected chi connectivity index (χ2v) is 7.09. The SMILES string of the molecule is C[C@@H](NS(C)(=O)=O)C(=O)N1C[C@H]2CCC[C@@H]2C1. The summed E-state index contributed by atoms with van der Waals surface area (Å²) >= 11 is 0. The van der Waals surface area contributed by atoms with E-state index in [1.807, 2.05) is 4.90 Å². The molecule has 0 aromatic rings. The lowest BCUT2D eigenvalue weighted by Gasteiger charge is -2.21. The Kier molecular flexibility index (Phi) is 3.45. The highest BCUT2D eigenvalue weighted by atomic mass is 32.2. The number of sulfonamides is 1. The van der Waals surface area contributed by atoms with E-state index in [9.17, 15) is 13.2 Å². The molecule has 98 valence electrons. The zero-order valence-electron chi connectivity index (χ0n) is 10.3. The number of fused-ring (bicyclic) bond motifs is 1.